The lowest BCUT2D eigenvalue weighted by molar-refractivity contribution is 0.115. The van der Waals surface area contributed by atoms with Gasteiger partial charge in [-0.1, -0.05) is 56.0 Å². The molecule has 2 aliphatic carbocycles. The van der Waals surface area contributed by atoms with Crippen molar-refractivity contribution in [3.63, 3.8) is 0 Å². The van der Waals surface area contributed by atoms with Crippen LogP contribution in [0.4, 0.5) is 0 Å². The maximum atomic E-state index is 6.53. The fraction of sp³-hybridized carbons (Fsp3) is 0.700. The van der Waals surface area contributed by atoms with Crippen LogP contribution in [0.2, 0.25) is 0 Å². The van der Waals surface area contributed by atoms with Gasteiger partial charge in [0.2, 0.25) is 0 Å². The molecule has 0 saturated heterocycles. The molecule has 1 heteroatoms. The van der Waals surface area contributed by atoms with Crippen molar-refractivity contribution in [2.45, 2.75) is 70.3 Å². The van der Waals surface area contributed by atoms with Crippen molar-refractivity contribution in [2.24, 2.45) is 23.5 Å². The van der Waals surface area contributed by atoms with Crippen LogP contribution in [0, 0.1) is 17.8 Å². The Morgan fingerprint density at radius 2 is 1.71 bits per heavy atom. The molecular formula is C20H31N. The quantitative estimate of drug-likeness (QED) is 0.814. The minimum Gasteiger partial charge on any atom is -0.327 e. The fourth-order valence-electron chi connectivity index (χ4n) is 4.72. The molecule has 0 aliphatic heterocycles. The monoisotopic (exact) mass is 285 g/mol. The molecule has 4 unspecified atom stereocenters. The summed E-state index contributed by atoms with van der Waals surface area (Å²) in [6, 6.07) is 11.3. The molecule has 2 saturated carbocycles. The molecule has 3 rings (SSSR count). The van der Waals surface area contributed by atoms with Crippen molar-refractivity contribution >= 4 is 0 Å². The number of rotatable bonds is 5. The number of aryl methyl sites for hydroxylation is 1. The summed E-state index contributed by atoms with van der Waals surface area (Å²) in [7, 11) is 0. The smallest absolute Gasteiger partial charge is 0.00673 e. The lowest BCUT2D eigenvalue weighted by Crippen LogP contribution is -2.37. The molecule has 1 aromatic carbocycles. The van der Waals surface area contributed by atoms with Crippen LogP contribution >= 0.6 is 0 Å². The van der Waals surface area contributed by atoms with Crippen LogP contribution in [0.3, 0.4) is 0 Å². The van der Waals surface area contributed by atoms with Gasteiger partial charge in [0.05, 0.1) is 0 Å². The average molecular weight is 285 g/mol. The molecule has 0 heterocycles. The van der Waals surface area contributed by atoms with Crippen LogP contribution in [0.15, 0.2) is 30.3 Å². The summed E-state index contributed by atoms with van der Waals surface area (Å²) in [6.45, 7) is 0. The highest BCUT2D eigenvalue weighted by Crippen LogP contribution is 2.43. The summed E-state index contributed by atoms with van der Waals surface area (Å²) in [6.07, 6.45) is 13.9. The van der Waals surface area contributed by atoms with E-state index in [0.29, 0.717) is 6.04 Å². The molecule has 2 fully saturated rings. The first-order valence-corrected chi connectivity index (χ1v) is 9.12. The van der Waals surface area contributed by atoms with Crippen molar-refractivity contribution in [3.05, 3.63) is 35.9 Å². The zero-order valence-corrected chi connectivity index (χ0v) is 13.3. The maximum Gasteiger partial charge on any atom is 0.00673 e. The molecule has 0 spiro atoms. The Hall–Kier alpha value is -0.820. The first-order chi connectivity index (χ1) is 10.3. The van der Waals surface area contributed by atoms with Crippen molar-refractivity contribution in [2.75, 3.05) is 0 Å². The first-order valence-electron chi connectivity index (χ1n) is 9.12. The molecule has 1 nitrogen and oxygen atoms in total. The minimum atomic E-state index is 0.441. The summed E-state index contributed by atoms with van der Waals surface area (Å²) < 4.78 is 0. The molecule has 116 valence electrons. The second-order valence-electron chi connectivity index (χ2n) is 7.42. The van der Waals surface area contributed by atoms with E-state index in [-0.39, 0.29) is 0 Å². The van der Waals surface area contributed by atoms with E-state index in [0.717, 1.165) is 17.8 Å². The summed E-state index contributed by atoms with van der Waals surface area (Å²) in [5, 5.41) is 0. The number of nitrogens with two attached hydrogens (primary N) is 1. The van der Waals surface area contributed by atoms with Gasteiger partial charge in [-0.05, 0) is 61.8 Å². The van der Waals surface area contributed by atoms with E-state index in [1.165, 1.54) is 69.8 Å². The third-order valence-electron chi connectivity index (χ3n) is 6.03. The van der Waals surface area contributed by atoms with E-state index < -0.39 is 0 Å². The van der Waals surface area contributed by atoms with E-state index in [2.05, 4.69) is 30.3 Å². The summed E-state index contributed by atoms with van der Waals surface area (Å²) in [4.78, 5) is 0. The molecule has 0 amide bonds. The minimum absolute atomic E-state index is 0.441. The van der Waals surface area contributed by atoms with Crippen LogP contribution < -0.4 is 5.73 Å². The maximum absolute atomic E-state index is 6.53. The zero-order chi connectivity index (χ0) is 14.5. The lowest BCUT2D eigenvalue weighted by Gasteiger charge is -2.41. The van der Waals surface area contributed by atoms with Gasteiger partial charge in [0.25, 0.3) is 0 Å². The molecular weight excluding hydrogens is 254 g/mol. The van der Waals surface area contributed by atoms with E-state index in [1.807, 2.05) is 0 Å². The van der Waals surface area contributed by atoms with E-state index in [1.54, 1.807) is 0 Å². The van der Waals surface area contributed by atoms with Gasteiger partial charge >= 0.3 is 0 Å². The second-order valence-corrected chi connectivity index (χ2v) is 7.42. The summed E-state index contributed by atoms with van der Waals surface area (Å²) in [5.41, 5.74) is 7.99. The van der Waals surface area contributed by atoms with Crippen LogP contribution in [-0.2, 0) is 6.42 Å². The van der Waals surface area contributed by atoms with E-state index in [4.69, 9.17) is 5.73 Å². The molecule has 0 aromatic heterocycles. The highest BCUT2D eigenvalue weighted by atomic mass is 14.7. The Balaban J connectivity index is 1.42. The largest absolute Gasteiger partial charge is 0.327 e. The van der Waals surface area contributed by atoms with Crippen LogP contribution in [0.25, 0.3) is 0 Å². The standard InChI is InChI=1S/C20H31N/c21-20(12-6-9-16-7-2-1-3-8-16)19-14-13-17-10-4-5-11-18(17)15-19/h1-3,7-8,17-20H,4-6,9-15,21H2. The number of fused-ring (bicyclic) bond motifs is 1. The van der Waals surface area contributed by atoms with E-state index >= 15 is 0 Å². The summed E-state index contributed by atoms with van der Waals surface area (Å²) >= 11 is 0. The molecule has 2 N–H and O–H groups in total. The Labute approximate surface area is 130 Å². The molecule has 0 bridgehead atoms. The highest BCUT2D eigenvalue weighted by Gasteiger charge is 2.34. The third-order valence-corrected chi connectivity index (χ3v) is 6.03. The van der Waals surface area contributed by atoms with Crippen molar-refractivity contribution < 1.29 is 0 Å². The average Bonchev–Trinajstić information content (AvgIpc) is 2.55. The molecule has 1 aromatic rings. The SMILES string of the molecule is NC(CCCc1ccccc1)C1CCC2CCCCC2C1. The van der Waals surface area contributed by atoms with Crippen molar-refractivity contribution in [1.29, 1.82) is 0 Å². The Kier molecular flexibility index (Phi) is 5.35. The van der Waals surface area contributed by atoms with Crippen LogP contribution in [0.1, 0.15) is 63.4 Å². The van der Waals surface area contributed by atoms with Gasteiger partial charge in [-0.2, -0.15) is 0 Å². The van der Waals surface area contributed by atoms with Crippen LogP contribution in [-0.4, -0.2) is 6.04 Å². The number of hydrogen-bond donors (Lipinski definition) is 1. The van der Waals surface area contributed by atoms with Gasteiger partial charge in [0.1, 0.15) is 0 Å². The first kappa shape index (κ1) is 15.1. The van der Waals surface area contributed by atoms with Gasteiger partial charge in [-0.25, -0.2) is 0 Å². The van der Waals surface area contributed by atoms with Crippen LogP contribution in [0.5, 0.6) is 0 Å². The van der Waals surface area contributed by atoms with Crippen molar-refractivity contribution in [1.82, 2.24) is 0 Å². The normalized spacial score (nSPS) is 30.6. The Morgan fingerprint density at radius 3 is 2.52 bits per heavy atom. The Bertz CT molecular complexity index is 413. The molecule has 21 heavy (non-hydrogen) atoms. The predicted molar refractivity (Wildman–Crippen MR) is 90.1 cm³/mol. The molecule has 4 atom stereocenters. The number of benzene rings is 1. The van der Waals surface area contributed by atoms with Gasteiger partial charge in [0, 0.05) is 6.04 Å². The number of hydrogen-bond acceptors (Lipinski definition) is 1. The third kappa shape index (κ3) is 4.10. The summed E-state index contributed by atoms with van der Waals surface area (Å²) in [5.74, 6) is 2.87. The second kappa shape index (κ2) is 7.45. The van der Waals surface area contributed by atoms with Crippen molar-refractivity contribution in [3.8, 4) is 0 Å². The fourth-order valence-corrected chi connectivity index (χ4v) is 4.72. The predicted octanol–water partition coefficient (Wildman–Crippen LogP) is 4.94. The van der Waals surface area contributed by atoms with Gasteiger partial charge < -0.3 is 5.73 Å². The van der Waals surface area contributed by atoms with E-state index in [9.17, 15) is 0 Å². The molecule has 2 aliphatic rings. The van der Waals surface area contributed by atoms with Gasteiger partial charge in [0.15, 0.2) is 0 Å². The topological polar surface area (TPSA) is 26.0 Å². The Morgan fingerprint density at radius 1 is 0.952 bits per heavy atom. The highest BCUT2D eigenvalue weighted by molar-refractivity contribution is 5.14. The van der Waals surface area contributed by atoms with Gasteiger partial charge in [-0.3, -0.25) is 0 Å². The van der Waals surface area contributed by atoms with Gasteiger partial charge in [-0.15, -0.1) is 0 Å². The molecule has 0 radical (unpaired) electrons. The lowest BCUT2D eigenvalue weighted by atomic mass is 9.66. The zero-order valence-electron chi connectivity index (χ0n) is 13.3.